The molecule has 1 N–H and O–H groups in total. The molecule has 0 radical (unpaired) electrons. The average Bonchev–Trinajstić information content (AvgIpc) is 2.75. The van der Waals surface area contributed by atoms with Gasteiger partial charge < -0.3 is 23.7 Å². The van der Waals surface area contributed by atoms with E-state index in [0.29, 0.717) is 40.7 Å². The van der Waals surface area contributed by atoms with E-state index >= 15 is 0 Å². The normalized spacial score (nSPS) is 20.9. The molecule has 0 bridgehead atoms. The van der Waals surface area contributed by atoms with E-state index in [9.17, 15) is 9.90 Å². The molecule has 1 fully saturated rings. The highest BCUT2D eigenvalue weighted by molar-refractivity contribution is 5.88. The van der Waals surface area contributed by atoms with Gasteiger partial charge in [0.05, 0.1) is 20.3 Å². The minimum Gasteiger partial charge on any atom is -0.493 e. The van der Waals surface area contributed by atoms with Gasteiger partial charge in [-0.2, -0.15) is 0 Å². The third-order valence-electron chi connectivity index (χ3n) is 6.69. The molecule has 174 valence electrons. The molecule has 32 heavy (non-hydrogen) atoms. The Balaban J connectivity index is 1.72. The second-order valence-electron chi connectivity index (χ2n) is 9.10. The lowest BCUT2D eigenvalue weighted by atomic mass is 9.63. The van der Waals surface area contributed by atoms with Gasteiger partial charge in [0, 0.05) is 11.5 Å². The third kappa shape index (κ3) is 4.85. The van der Waals surface area contributed by atoms with Gasteiger partial charge >= 0.3 is 5.63 Å². The molecule has 3 rings (SSSR count). The number of hydrogen-bond donors (Lipinski definition) is 1. The Morgan fingerprint density at radius 3 is 2.72 bits per heavy atom. The maximum Gasteiger partial charge on any atom is 0.336 e. The summed E-state index contributed by atoms with van der Waals surface area (Å²) in [5.41, 5.74) is 2.13. The molecule has 0 spiro atoms. The highest BCUT2D eigenvalue weighted by Crippen LogP contribution is 2.46. The van der Waals surface area contributed by atoms with Crippen molar-refractivity contribution in [1.82, 2.24) is 0 Å². The number of methoxy groups -OCH3 is 2. The van der Waals surface area contributed by atoms with Crippen molar-refractivity contribution in [1.29, 1.82) is 0 Å². The zero-order valence-electron chi connectivity index (χ0n) is 19.7. The molecular formula is C26H34O6. The predicted molar refractivity (Wildman–Crippen MR) is 126 cm³/mol. The number of allylic oxidation sites excluding steroid dienone is 2. The minimum absolute atomic E-state index is 0.165. The average molecular weight is 443 g/mol. The van der Waals surface area contributed by atoms with E-state index in [1.165, 1.54) is 24.3 Å². The predicted octanol–water partition coefficient (Wildman–Crippen LogP) is 5.27. The van der Waals surface area contributed by atoms with E-state index in [1.54, 1.807) is 19.2 Å². The Kier molecular flexibility index (Phi) is 7.34. The summed E-state index contributed by atoms with van der Waals surface area (Å²) in [7, 11) is 3.06. The number of ether oxygens (including phenoxy) is 3. The number of hydrogen-bond acceptors (Lipinski definition) is 6. The van der Waals surface area contributed by atoms with Crippen molar-refractivity contribution >= 4 is 11.0 Å². The number of aliphatic hydroxyl groups excluding tert-OH is 1. The molecule has 0 unspecified atom stereocenters. The maximum atomic E-state index is 11.7. The van der Waals surface area contributed by atoms with Crippen LogP contribution in [0.15, 0.2) is 51.2 Å². The van der Waals surface area contributed by atoms with Crippen LogP contribution in [0.25, 0.3) is 11.0 Å². The van der Waals surface area contributed by atoms with Gasteiger partial charge in [0.25, 0.3) is 0 Å². The lowest BCUT2D eigenvalue weighted by molar-refractivity contribution is -0.00881. The van der Waals surface area contributed by atoms with Crippen LogP contribution < -0.4 is 19.8 Å². The molecule has 6 heteroatoms. The summed E-state index contributed by atoms with van der Waals surface area (Å²) < 4.78 is 22.3. The third-order valence-corrected chi connectivity index (χ3v) is 6.69. The first-order valence-corrected chi connectivity index (χ1v) is 11.0. The van der Waals surface area contributed by atoms with Crippen LogP contribution in [0, 0.1) is 11.3 Å². The molecule has 2 aromatic rings. The monoisotopic (exact) mass is 442 g/mol. The van der Waals surface area contributed by atoms with E-state index in [4.69, 9.17) is 18.6 Å². The van der Waals surface area contributed by atoms with Crippen molar-refractivity contribution in [2.24, 2.45) is 11.3 Å². The number of rotatable bonds is 8. The Morgan fingerprint density at radius 1 is 1.28 bits per heavy atom. The van der Waals surface area contributed by atoms with Crippen LogP contribution in [0.1, 0.15) is 46.5 Å². The Bertz CT molecular complexity index is 1060. The lowest BCUT2D eigenvalue weighted by Gasteiger charge is -2.44. The van der Waals surface area contributed by atoms with Crippen molar-refractivity contribution in [2.75, 3.05) is 20.8 Å². The van der Waals surface area contributed by atoms with Crippen LogP contribution in [0.4, 0.5) is 0 Å². The smallest absolute Gasteiger partial charge is 0.336 e. The largest absolute Gasteiger partial charge is 0.493 e. The van der Waals surface area contributed by atoms with E-state index in [1.807, 2.05) is 6.08 Å². The Morgan fingerprint density at radius 2 is 2.03 bits per heavy atom. The van der Waals surface area contributed by atoms with Gasteiger partial charge in [-0.05, 0) is 62.1 Å². The Hall–Kier alpha value is -2.73. The van der Waals surface area contributed by atoms with Gasteiger partial charge in [0.2, 0.25) is 11.5 Å². The highest BCUT2D eigenvalue weighted by Gasteiger charge is 2.40. The topological polar surface area (TPSA) is 78.1 Å². The van der Waals surface area contributed by atoms with Crippen molar-refractivity contribution in [3.05, 3.63) is 52.4 Å². The second kappa shape index (κ2) is 9.82. The zero-order valence-corrected chi connectivity index (χ0v) is 19.7. The summed E-state index contributed by atoms with van der Waals surface area (Å²) in [6, 6.07) is 4.78. The molecule has 2 atom stereocenters. The van der Waals surface area contributed by atoms with Crippen molar-refractivity contribution in [3.8, 4) is 17.2 Å². The first kappa shape index (κ1) is 23.9. The summed E-state index contributed by atoms with van der Waals surface area (Å²) >= 11 is 0. The first-order valence-electron chi connectivity index (χ1n) is 11.0. The van der Waals surface area contributed by atoms with Gasteiger partial charge in [-0.25, -0.2) is 4.79 Å². The van der Waals surface area contributed by atoms with Crippen LogP contribution in [-0.4, -0.2) is 32.0 Å². The summed E-state index contributed by atoms with van der Waals surface area (Å²) in [6.07, 6.45) is 5.25. The number of aliphatic hydroxyl groups is 1. The zero-order chi connectivity index (χ0) is 23.5. The van der Waals surface area contributed by atoms with Crippen LogP contribution in [0.5, 0.6) is 17.2 Å². The molecule has 1 aliphatic rings. The summed E-state index contributed by atoms with van der Waals surface area (Å²) in [5.74, 6) is 1.52. The molecule has 0 aliphatic heterocycles. The van der Waals surface area contributed by atoms with Gasteiger partial charge in [0.1, 0.15) is 6.61 Å². The molecular weight excluding hydrogens is 408 g/mol. The number of benzene rings is 1. The SMILES string of the molecule is C=C1CC[C@@H](O)C(C)(C)[C@H]1CC/C(C)=C/COc1c(OC)cc2ccc(=O)oc2c1OC. The highest BCUT2D eigenvalue weighted by atomic mass is 16.5. The first-order chi connectivity index (χ1) is 15.2. The van der Waals surface area contributed by atoms with Gasteiger partial charge in [0.15, 0.2) is 11.3 Å². The van der Waals surface area contributed by atoms with Crippen molar-refractivity contribution in [2.45, 2.75) is 52.6 Å². The molecule has 0 amide bonds. The summed E-state index contributed by atoms with van der Waals surface area (Å²) in [6.45, 7) is 10.9. The molecule has 1 aromatic carbocycles. The van der Waals surface area contributed by atoms with E-state index in [-0.39, 0.29) is 11.5 Å². The summed E-state index contributed by atoms with van der Waals surface area (Å²) in [5, 5.41) is 11.1. The summed E-state index contributed by atoms with van der Waals surface area (Å²) in [4.78, 5) is 11.7. The molecule has 1 aliphatic carbocycles. The fraction of sp³-hybridized carbons (Fsp3) is 0.500. The maximum absolute atomic E-state index is 11.7. The molecule has 0 saturated heterocycles. The minimum atomic E-state index is -0.458. The van der Waals surface area contributed by atoms with Gasteiger partial charge in [-0.15, -0.1) is 0 Å². The van der Waals surface area contributed by atoms with E-state index < -0.39 is 5.63 Å². The van der Waals surface area contributed by atoms with Gasteiger partial charge in [-0.3, -0.25) is 0 Å². The molecule has 1 heterocycles. The molecule has 6 nitrogen and oxygen atoms in total. The van der Waals surface area contributed by atoms with Crippen LogP contribution in [0.2, 0.25) is 0 Å². The van der Waals surface area contributed by atoms with Crippen LogP contribution in [0.3, 0.4) is 0 Å². The van der Waals surface area contributed by atoms with Crippen molar-refractivity contribution < 1.29 is 23.7 Å². The fourth-order valence-corrected chi connectivity index (χ4v) is 4.56. The van der Waals surface area contributed by atoms with Gasteiger partial charge in [-0.1, -0.05) is 31.6 Å². The van der Waals surface area contributed by atoms with Crippen LogP contribution in [-0.2, 0) is 0 Å². The van der Waals surface area contributed by atoms with Crippen LogP contribution >= 0.6 is 0 Å². The number of fused-ring (bicyclic) bond motifs is 1. The lowest BCUT2D eigenvalue weighted by Crippen LogP contribution is -2.41. The van der Waals surface area contributed by atoms with E-state index in [2.05, 4.69) is 27.4 Å². The fourth-order valence-electron chi connectivity index (χ4n) is 4.56. The quantitative estimate of drug-likeness (QED) is 0.443. The standard InChI is InChI=1S/C26H34O6/c1-16(7-10-19-17(2)8-11-21(27)26(19,3)4)13-14-31-24-20(29-5)15-18-9-12-22(28)32-23(18)25(24)30-6/h9,12-13,15,19,21,27H,2,7-8,10-11,14H2,1,3-6H3/b16-13+/t19-,21+/m0/s1. The molecule has 1 saturated carbocycles. The Labute approximate surface area is 189 Å². The molecule has 1 aromatic heterocycles. The van der Waals surface area contributed by atoms with Crippen molar-refractivity contribution in [3.63, 3.8) is 0 Å². The second-order valence-corrected chi connectivity index (χ2v) is 9.10. The van der Waals surface area contributed by atoms with E-state index in [0.717, 1.165) is 25.7 Å².